The van der Waals surface area contributed by atoms with Gasteiger partial charge < -0.3 is 50.0 Å². The van der Waals surface area contributed by atoms with Crippen LogP contribution in [0.25, 0.3) is 0 Å². The Morgan fingerprint density at radius 2 is 1.31 bits per heavy atom. The molecule has 0 amide bonds. The van der Waals surface area contributed by atoms with E-state index in [0.717, 1.165) is 0 Å². The monoisotopic (exact) mass is 528 g/mol. The molecule has 0 aromatic heterocycles. The number of aliphatic hydroxyl groups excluding tert-OH is 7. The molecular formula is C16H29Cl2NO12P. The quantitative estimate of drug-likeness (QED) is 0.106. The summed E-state index contributed by atoms with van der Waals surface area (Å²) in [7, 11) is -2.56. The van der Waals surface area contributed by atoms with E-state index in [0.29, 0.717) is 0 Å². The molecule has 189 valence electrons. The van der Waals surface area contributed by atoms with E-state index < -0.39 is 82.8 Å². The molecule has 2 rings (SSSR count). The number of rotatable bonds is 11. The van der Waals surface area contributed by atoms with E-state index in [1.807, 2.05) is 0 Å². The maximum Gasteiger partial charge on any atom is 0.300 e. The molecule has 7 N–H and O–H groups in total. The standard InChI is InChI=1S/C16H29Cl2NO12P/c17-1-3-19(4-2-18)32(27)31-16-13(26)11(24)14(8(6-21)29-16)30-15-12(25)10(23)9(22)7(5-20)28-15/h7-16,20-26H,1-6H2/t7-,8-,9+,10+,11-,12-,13-,14-,15+,16-/m1/s1. The molecule has 2 aliphatic rings. The molecule has 16 heteroatoms. The Labute approximate surface area is 194 Å². The molecule has 32 heavy (non-hydrogen) atoms. The van der Waals surface area contributed by atoms with E-state index in [-0.39, 0.29) is 24.8 Å². The summed E-state index contributed by atoms with van der Waals surface area (Å²) < 4.78 is 35.0. The number of nitrogens with zero attached hydrogens (tertiary/aromatic N) is 1. The van der Waals surface area contributed by atoms with E-state index in [1.165, 1.54) is 4.67 Å². The summed E-state index contributed by atoms with van der Waals surface area (Å²) >= 11 is 11.3. The molecule has 1 unspecified atom stereocenters. The van der Waals surface area contributed by atoms with Crippen molar-refractivity contribution in [3.8, 4) is 0 Å². The summed E-state index contributed by atoms with van der Waals surface area (Å²) in [4.78, 5) is 0. The van der Waals surface area contributed by atoms with Crippen molar-refractivity contribution in [1.82, 2.24) is 4.67 Å². The molecule has 11 atom stereocenters. The minimum atomic E-state index is -2.56. The molecule has 13 nitrogen and oxygen atoms in total. The van der Waals surface area contributed by atoms with Gasteiger partial charge in [-0.15, -0.1) is 23.2 Å². The molecule has 0 spiro atoms. The van der Waals surface area contributed by atoms with Crippen LogP contribution in [0.4, 0.5) is 0 Å². The predicted molar refractivity (Wildman–Crippen MR) is 108 cm³/mol. The zero-order valence-corrected chi connectivity index (χ0v) is 19.2. The van der Waals surface area contributed by atoms with Crippen LogP contribution in [0, 0.1) is 0 Å². The van der Waals surface area contributed by atoms with Gasteiger partial charge in [-0.05, 0) is 0 Å². The number of ether oxygens (including phenoxy) is 3. The first kappa shape index (κ1) is 28.4. The van der Waals surface area contributed by atoms with Crippen LogP contribution in [-0.4, -0.2) is 140 Å². The highest BCUT2D eigenvalue weighted by Gasteiger charge is 2.51. The Hall–Kier alpha value is 0.200. The average molecular weight is 529 g/mol. The summed E-state index contributed by atoms with van der Waals surface area (Å²) in [6, 6.07) is 0. The van der Waals surface area contributed by atoms with Crippen molar-refractivity contribution in [2.24, 2.45) is 0 Å². The van der Waals surface area contributed by atoms with Gasteiger partial charge in [-0.25, -0.2) is 9.24 Å². The maximum atomic E-state index is 12.5. The molecule has 2 aliphatic heterocycles. The van der Waals surface area contributed by atoms with Gasteiger partial charge in [-0.3, -0.25) is 4.52 Å². The van der Waals surface area contributed by atoms with Crippen LogP contribution in [0.2, 0.25) is 0 Å². The topological polar surface area (TPSA) is 199 Å². The Morgan fingerprint density at radius 1 is 0.781 bits per heavy atom. The summed E-state index contributed by atoms with van der Waals surface area (Å²) in [5.74, 6) is 0.263. The average Bonchev–Trinajstić information content (AvgIpc) is 2.78. The van der Waals surface area contributed by atoms with Gasteiger partial charge in [0.25, 0.3) is 8.18 Å². The molecule has 0 aromatic rings. The molecule has 2 saturated heterocycles. The van der Waals surface area contributed by atoms with E-state index in [9.17, 15) is 40.3 Å². The molecule has 0 saturated carbocycles. The van der Waals surface area contributed by atoms with Crippen molar-refractivity contribution < 1.29 is 59.0 Å². The Morgan fingerprint density at radius 3 is 1.84 bits per heavy atom. The van der Waals surface area contributed by atoms with Gasteiger partial charge in [0.1, 0.15) is 48.8 Å². The van der Waals surface area contributed by atoms with Crippen LogP contribution in [0.1, 0.15) is 0 Å². The largest absolute Gasteiger partial charge is 0.394 e. The van der Waals surface area contributed by atoms with Crippen molar-refractivity contribution in [2.45, 2.75) is 61.4 Å². The Bertz CT molecular complexity index is 587. The lowest BCUT2D eigenvalue weighted by Gasteiger charge is -2.45. The third-order valence-corrected chi connectivity index (χ3v) is 6.66. The van der Waals surface area contributed by atoms with Crippen LogP contribution in [0.3, 0.4) is 0 Å². The first-order chi connectivity index (χ1) is 15.2. The normalized spacial score (nSPS) is 41.1. The lowest BCUT2D eigenvalue weighted by atomic mass is 9.97. The SMILES string of the molecule is O=[P](O[C@H]1O[C@H](CO)[C@@H](O[C@@H]2O[C@H](CO)[C@H](O)[C@H](O)[C@H]2O)[C@H](O)[C@H]1O)N(CCCl)CCCl. The van der Waals surface area contributed by atoms with Gasteiger partial charge in [-0.2, -0.15) is 0 Å². The van der Waals surface area contributed by atoms with Crippen molar-refractivity contribution in [1.29, 1.82) is 0 Å². The summed E-state index contributed by atoms with van der Waals surface area (Å²) in [5.41, 5.74) is 0. The van der Waals surface area contributed by atoms with Crippen LogP contribution in [0.5, 0.6) is 0 Å². The second-order valence-corrected chi connectivity index (χ2v) is 9.19. The Balaban J connectivity index is 2.09. The second-order valence-electron chi connectivity index (χ2n) is 7.18. The van der Waals surface area contributed by atoms with Crippen molar-refractivity contribution in [2.75, 3.05) is 38.1 Å². The Kier molecular flexibility index (Phi) is 11.8. The number of hydrogen-bond acceptors (Lipinski definition) is 12. The van der Waals surface area contributed by atoms with Gasteiger partial charge in [0.15, 0.2) is 12.6 Å². The van der Waals surface area contributed by atoms with E-state index in [2.05, 4.69) is 0 Å². The molecule has 0 aromatic carbocycles. The fourth-order valence-corrected chi connectivity index (χ4v) is 4.92. The summed E-state index contributed by atoms with van der Waals surface area (Å²) in [6.45, 7) is -1.11. The highest BCUT2D eigenvalue weighted by Crippen LogP contribution is 2.36. The summed E-state index contributed by atoms with van der Waals surface area (Å²) in [6.07, 6.45) is -16.1. The van der Waals surface area contributed by atoms with Crippen molar-refractivity contribution in [3.63, 3.8) is 0 Å². The van der Waals surface area contributed by atoms with Gasteiger partial charge in [0.05, 0.1) is 13.2 Å². The van der Waals surface area contributed by atoms with Gasteiger partial charge in [0.2, 0.25) is 0 Å². The minimum absolute atomic E-state index is 0.131. The smallest absolute Gasteiger partial charge is 0.300 e. The van der Waals surface area contributed by atoms with Gasteiger partial charge >= 0.3 is 0 Å². The third kappa shape index (κ3) is 6.66. The van der Waals surface area contributed by atoms with Crippen LogP contribution in [0.15, 0.2) is 0 Å². The summed E-state index contributed by atoms with van der Waals surface area (Å²) in [5, 5.41) is 69.7. The van der Waals surface area contributed by atoms with Gasteiger partial charge in [-0.1, -0.05) is 0 Å². The fraction of sp³-hybridized carbons (Fsp3) is 1.00. The van der Waals surface area contributed by atoms with Crippen LogP contribution < -0.4 is 0 Å². The van der Waals surface area contributed by atoms with Crippen molar-refractivity contribution >= 4 is 31.4 Å². The first-order valence-electron chi connectivity index (χ1n) is 9.79. The predicted octanol–water partition coefficient (Wildman–Crippen LogP) is -2.94. The number of halogens is 2. The molecule has 0 bridgehead atoms. The second kappa shape index (κ2) is 13.3. The maximum absolute atomic E-state index is 12.5. The third-order valence-electron chi connectivity index (χ3n) is 5.07. The zero-order chi connectivity index (χ0) is 24.0. The number of aliphatic hydroxyl groups is 7. The van der Waals surface area contributed by atoms with Crippen LogP contribution >= 0.6 is 31.4 Å². The van der Waals surface area contributed by atoms with Crippen molar-refractivity contribution in [3.05, 3.63) is 0 Å². The highest BCUT2D eigenvalue weighted by atomic mass is 35.5. The van der Waals surface area contributed by atoms with E-state index in [1.54, 1.807) is 0 Å². The number of alkyl halides is 2. The molecule has 0 aliphatic carbocycles. The highest BCUT2D eigenvalue weighted by molar-refractivity contribution is 7.36. The zero-order valence-electron chi connectivity index (χ0n) is 16.8. The van der Waals surface area contributed by atoms with Gasteiger partial charge in [0, 0.05) is 24.8 Å². The first-order valence-corrected chi connectivity index (χ1v) is 12.0. The minimum Gasteiger partial charge on any atom is -0.394 e. The van der Waals surface area contributed by atoms with Crippen LogP contribution in [-0.2, 0) is 23.3 Å². The molecule has 2 fully saturated rings. The lowest BCUT2D eigenvalue weighted by Crippen LogP contribution is -2.64. The molecule has 1 radical (unpaired) electrons. The fourth-order valence-electron chi connectivity index (χ4n) is 3.27. The number of hydrogen-bond donors (Lipinski definition) is 7. The molecule has 2 heterocycles. The van der Waals surface area contributed by atoms with E-state index in [4.69, 9.17) is 41.9 Å². The lowest BCUT2D eigenvalue weighted by molar-refractivity contribution is -0.352. The van der Waals surface area contributed by atoms with E-state index >= 15 is 0 Å². The molecular weight excluding hydrogens is 500 g/mol.